The van der Waals surface area contributed by atoms with E-state index in [4.69, 9.17) is 11.6 Å². The number of allylic oxidation sites excluding steroid dienone is 2. The van der Waals surface area contributed by atoms with Gasteiger partial charge in [-0.15, -0.1) is 0 Å². The number of hydrogen-bond acceptors (Lipinski definition) is 4. The van der Waals surface area contributed by atoms with Gasteiger partial charge < -0.3 is 15.7 Å². The first kappa shape index (κ1) is 18.8. The van der Waals surface area contributed by atoms with Gasteiger partial charge in [0.05, 0.1) is 5.70 Å². The molecule has 0 aromatic heterocycles. The Morgan fingerprint density at radius 1 is 1.13 bits per heavy atom. The molecule has 0 unspecified atom stereocenters. The highest BCUT2D eigenvalue weighted by Gasteiger charge is 2.22. The van der Waals surface area contributed by atoms with Gasteiger partial charge in [0.25, 0.3) is 0 Å². The van der Waals surface area contributed by atoms with Crippen LogP contribution in [0, 0.1) is 0 Å². The van der Waals surface area contributed by atoms with Crippen molar-refractivity contribution in [3.8, 4) is 0 Å². The first-order chi connectivity index (χ1) is 10.9. The Morgan fingerprint density at radius 3 is 2.17 bits per heavy atom. The lowest BCUT2D eigenvalue weighted by atomic mass is 10.0. The molecule has 0 aliphatic rings. The minimum Gasteiger partial charge on any atom is -0.477 e. The average molecular weight is 337 g/mol. The van der Waals surface area contributed by atoms with E-state index in [2.05, 4.69) is 10.6 Å². The van der Waals surface area contributed by atoms with Crippen molar-refractivity contribution in [3.63, 3.8) is 0 Å². The fourth-order valence-corrected chi connectivity index (χ4v) is 2.19. The number of carbonyl (C=O) groups excluding carboxylic acids is 1. The summed E-state index contributed by atoms with van der Waals surface area (Å²) < 4.78 is 0. The van der Waals surface area contributed by atoms with Gasteiger partial charge in [0.15, 0.2) is 5.78 Å². The fraction of sp³-hybridized carbons (Fsp3) is 0.294. The van der Waals surface area contributed by atoms with Gasteiger partial charge in [-0.1, -0.05) is 23.7 Å². The molecule has 124 valence electrons. The maximum Gasteiger partial charge on any atom is 0.341 e. The molecule has 0 bridgehead atoms. The van der Waals surface area contributed by atoms with E-state index in [1.165, 1.54) is 6.08 Å². The van der Waals surface area contributed by atoms with Crippen molar-refractivity contribution < 1.29 is 14.7 Å². The highest BCUT2D eigenvalue weighted by molar-refractivity contribution is 6.30. The van der Waals surface area contributed by atoms with E-state index < -0.39 is 11.8 Å². The van der Waals surface area contributed by atoms with Crippen molar-refractivity contribution in [1.82, 2.24) is 10.6 Å². The van der Waals surface area contributed by atoms with Crippen LogP contribution >= 0.6 is 11.6 Å². The molecule has 0 fully saturated rings. The maximum atomic E-state index is 12.4. The zero-order chi connectivity index (χ0) is 17.4. The van der Waals surface area contributed by atoms with Gasteiger partial charge >= 0.3 is 5.97 Å². The number of nitrogens with one attached hydrogen (secondary N) is 2. The van der Waals surface area contributed by atoms with Crippen molar-refractivity contribution >= 4 is 29.1 Å². The van der Waals surface area contributed by atoms with E-state index >= 15 is 0 Å². The molecule has 0 aliphatic carbocycles. The van der Waals surface area contributed by atoms with Crippen LogP contribution < -0.4 is 10.6 Å². The van der Waals surface area contributed by atoms with Crippen LogP contribution in [0.5, 0.6) is 0 Å². The first-order valence-corrected chi connectivity index (χ1v) is 7.72. The zero-order valence-electron chi connectivity index (χ0n) is 13.4. The second-order valence-electron chi connectivity index (χ2n) is 4.81. The van der Waals surface area contributed by atoms with Crippen LogP contribution in [-0.2, 0) is 9.59 Å². The molecule has 3 N–H and O–H groups in total. The molecule has 0 saturated carbocycles. The predicted octanol–water partition coefficient (Wildman–Crippen LogP) is 2.83. The number of aliphatic carboxylic acids is 1. The molecule has 23 heavy (non-hydrogen) atoms. The molecule has 1 aromatic carbocycles. The smallest absolute Gasteiger partial charge is 0.341 e. The summed E-state index contributed by atoms with van der Waals surface area (Å²) in [6, 6.07) is 6.66. The molecule has 0 aliphatic heterocycles. The minimum absolute atomic E-state index is 0.280. The molecule has 1 aromatic rings. The third-order valence-corrected chi connectivity index (χ3v) is 3.25. The molecule has 5 nitrogen and oxygen atoms in total. The largest absolute Gasteiger partial charge is 0.477 e. The van der Waals surface area contributed by atoms with Crippen LogP contribution in [-0.4, -0.2) is 29.9 Å². The second kappa shape index (κ2) is 9.00. The Morgan fingerprint density at radius 2 is 1.70 bits per heavy atom. The first-order valence-electron chi connectivity index (χ1n) is 7.34. The van der Waals surface area contributed by atoms with Crippen molar-refractivity contribution in [2.75, 3.05) is 13.1 Å². The normalized spacial score (nSPS) is 12.4. The molecule has 0 heterocycles. The summed E-state index contributed by atoms with van der Waals surface area (Å²) in [5.41, 5.74) is 1.19. The molecule has 0 saturated heterocycles. The van der Waals surface area contributed by atoms with Crippen molar-refractivity contribution in [2.24, 2.45) is 0 Å². The van der Waals surface area contributed by atoms with Crippen LogP contribution in [0.2, 0.25) is 5.02 Å². The van der Waals surface area contributed by atoms with Gasteiger partial charge in [0.1, 0.15) is 5.57 Å². The van der Waals surface area contributed by atoms with E-state index in [1.54, 1.807) is 31.2 Å². The summed E-state index contributed by atoms with van der Waals surface area (Å²) in [7, 11) is 0. The van der Waals surface area contributed by atoms with Crippen molar-refractivity contribution in [3.05, 3.63) is 52.2 Å². The summed E-state index contributed by atoms with van der Waals surface area (Å²) in [6.45, 7) is 6.58. The second-order valence-corrected chi connectivity index (χ2v) is 5.25. The summed E-state index contributed by atoms with van der Waals surface area (Å²) in [5.74, 6) is -1.84. The Bertz CT molecular complexity index is 634. The molecule has 0 amide bonds. The minimum atomic E-state index is -1.28. The fourth-order valence-electron chi connectivity index (χ4n) is 2.06. The quantitative estimate of drug-likeness (QED) is 0.386. The van der Waals surface area contributed by atoms with E-state index in [9.17, 15) is 14.7 Å². The van der Waals surface area contributed by atoms with E-state index in [1.807, 2.05) is 13.8 Å². The number of carboxylic acids is 1. The number of benzene rings is 1. The topological polar surface area (TPSA) is 78.4 Å². The van der Waals surface area contributed by atoms with Crippen LogP contribution in [0.15, 0.2) is 41.6 Å². The van der Waals surface area contributed by atoms with Crippen molar-refractivity contribution in [1.29, 1.82) is 0 Å². The Hall–Kier alpha value is -2.27. The number of carbonyl (C=O) groups is 2. The van der Waals surface area contributed by atoms with Gasteiger partial charge in [-0.25, -0.2) is 4.79 Å². The van der Waals surface area contributed by atoms with Crippen LogP contribution in [0.3, 0.4) is 0 Å². The summed E-state index contributed by atoms with van der Waals surface area (Å²) in [4.78, 5) is 24.0. The average Bonchev–Trinajstić information content (AvgIpc) is 2.47. The monoisotopic (exact) mass is 336 g/mol. The molecule has 1 rings (SSSR count). The number of ketones is 1. The molecule has 6 heteroatoms. The van der Waals surface area contributed by atoms with Crippen LogP contribution in [0.25, 0.3) is 5.70 Å². The summed E-state index contributed by atoms with van der Waals surface area (Å²) >= 11 is 5.86. The molecule has 0 atom stereocenters. The van der Waals surface area contributed by atoms with Gasteiger partial charge in [-0.2, -0.15) is 0 Å². The molecular weight excluding hydrogens is 316 g/mol. The molecule has 0 radical (unpaired) electrons. The van der Waals surface area contributed by atoms with Gasteiger partial charge in [-0.3, -0.25) is 4.79 Å². The Balaban J connectivity index is 3.40. The molecular formula is C17H21ClN2O3. The Kier molecular flexibility index (Phi) is 7.35. The van der Waals surface area contributed by atoms with E-state index in [-0.39, 0.29) is 11.3 Å². The SMILES string of the molecule is CCNC(C)=CC(=O)C(C(=O)O)=C(NCC)c1ccc(Cl)cc1. The highest BCUT2D eigenvalue weighted by atomic mass is 35.5. The lowest BCUT2D eigenvalue weighted by Gasteiger charge is -2.13. The van der Waals surface area contributed by atoms with Gasteiger partial charge in [0, 0.05) is 29.9 Å². The Labute approximate surface area is 141 Å². The number of carboxylic acid groups (broad SMARTS) is 1. The van der Waals surface area contributed by atoms with Crippen LogP contribution in [0.1, 0.15) is 26.3 Å². The number of rotatable bonds is 8. The third kappa shape index (κ3) is 5.45. The standard InChI is InChI=1S/C17H21ClN2O3/c1-4-19-11(3)10-14(21)15(17(22)23)16(20-5-2)12-6-8-13(18)9-7-12/h6-10,19-20H,4-5H2,1-3H3,(H,22,23). The lowest BCUT2D eigenvalue weighted by Crippen LogP contribution is -2.22. The number of halogens is 1. The zero-order valence-corrected chi connectivity index (χ0v) is 14.2. The number of hydrogen-bond donors (Lipinski definition) is 3. The highest BCUT2D eigenvalue weighted by Crippen LogP contribution is 2.20. The van der Waals surface area contributed by atoms with Crippen LogP contribution in [0.4, 0.5) is 0 Å². The lowest BCUT2D eigenvalue weighted by molar-refractivity contribution is -0.134. The third-order valence-electron chi connectivity index (χ3n) is 3.00. The summed E-state index contributed by atoms with van der Waals surface area (Å²) in [6.07, 6.45) is 1.29. The van der Waals surface area contributed by atoms with Gasteiger partial charge in [0.2, 0.25) is 0 Å². The predicted molar refractivity (Wildman–Crippen MR) is 92.1 cm³/mol. The van der Waals surface area contributed by atoms with E-state index in [0.717, 1.165) is 0 Å². The van der Waals surface area contributed by atoms with Crippen molar-refractivity contribution in [2.45, 2.75) is 20.8 Å². The maximum absolute atomic E-state index is 12.4. The van der Waals surface area contributed by atoms with E-state index in [0.29, 0.717) is 29.4 Å². The van der Waals surface area contributed by atoms with Gasteiger partial charge in [-0.05, 0) is 38.5 Å². The molecule has 0 spiro atoms. The summed E-state index contributed by atoms with van der Waals surface area (Å²) in [5, 5.41) is 16.0.